The van der Waals surface area contributed by atoms with Crippen LogP contribution in [0.1, 0.15) is 90.2 Å². The molecule has 0 N–H and O–H groups in total. The van der Waals surface area contributed by atoms with Gasteiger partial charge in [-0.1, -0.05) is 45.9 Å². The van der Waals surface area contributed by atoms with E-state index < -0.39 is 0 Å². The van der Waals surface area contributed by atoms with Crippen LogP contribution in [0.15, 0.2) is 76.2 Å². The molecule has 192 valence electrons. The molecule has 0 spiro atoms. The molecule has 0 aliphatic heterocycles. The van der Waals surface area contributed by atoms with Crippen molar-refractivity contribution in [3.8, 4) is 0 Å². The van der Waals surface area contributed by atoms with Crippen molar-refractivity contribution in [2.45, 2.75) is 77.8 Å². The highest BCUT2D eigenvalue weighted by Crippen LogP contribution is 2.46. The number of nitrogens with zero attached hydrogens (tertiary/aromatic N) is 2. The molecular weight excluding hydrogens is 460 g/mol. The molecule has 1 aliphatic rings. The second-order valence-electron chi connectivity index (χ2n) is 11.7. The number of amides is 1. The Labute approximate surface area is 219 Å². The monoisotopic (exact) mass is 496 g/mol. The Bertz CT molecular complexity index is 1380. The number of benzene rings is 1. The van der Waals surface area contributed by atoms with E-state index in [1.165, 1.54) is 35.1 Å². The van der Waals surface area contributed by atoms with Crippen LogP contribution < -0.4 is 0 Å². The Kier molecular flexibility index (Phi) is 6.57. The van der Waals surface area contributed by atoms with E-state index in [1.54, 1.807) is 35.9 Å². The van der Waals surface area contributed by atoms with E-state index in [0.29, 0.717) is 25.3 Å². The fourth-order valence-electron chi connectivity index (χ4n) is 5.40. The Hall–Kier alpha value is -3.60. The van der Waals surface area contributed by atoms with Crippen molar-refractivity contribution in [2.24, 2.45) is 0 Å². The summed E-state index contributed by atoms with van der Waals surface area (Å²) >= 11 is 0. The summed E-state index contributed by atoms with van der Waals surface area (Å²) < 4.78 is 11.4. The average molecular weight is 497 g/mol. The van der Waals surface area contributed by atoms with Gasteiger partial charge >= 0.3 is 0 Å². The fraction of sp³-hybridized carbons (Fsp3) is 0.375. The first-order valence-corrected chi connectivity index (χ1v) is 13.0. The van der Waals surface area contributed by atoms with Crippen LogP contribution in [0.2, 0.25) is 0 Å². The van der Waals surface area contributed by atoms with Crippen LogP contribution in [-0.4, -0.2) is 15.8 Å². The Balaban J connectivity index is 1.39. The van der Waals surface area contributed by atoms with E-state index in [4.69, 9.17) is 8.83 Å². The third-order valence-corrected chi connectivity index (χ3v) is 7.88. The molecule has 0 atom stereocenters. The lowest BCUT2D eigenvalue weighted by Gasteiger charge is -2.42. The minimum Gasteiger partial charge on any atom is -0.472 e. The number of hydrogen-bond donors (Lipinski definition) is 0. The first kappa shape index (κ1) is 25.1. The van der Waals surface area contributed by atoms with E-state index >= 15 is 0 Å². The lowest BCUT2D eigenvalue weighted by atomic mass is 9.62. The smallest absolute Gasteiger partial charge is 0.290 e. The molecule has 5 rings (SSSR count). The third kappa shape index (κ3) is 5.27. The molecule has 1 aromatic carbocycles. The summed E-state index contributed by atoms with van der Waals surface area (Å²) in [5.74, 6) is 0.990. The molecule has 1 aliphatic carbocycles. The molecule has 3 heterocycles. The van der Waals surface area contributed by atoms with Crippen molar-refractivity contribution in [1.29, 1.82) is 0 Å². The number of aromatic nitrogens is 1. The second-order valence-corrected chi connectivity index (χ2v) is 11.7. The van der Waals surface area contributed by atoms with E-state index in [2.05, 4.69) is 51.7 Å². The molecule has 0 saturated carbocycles. The maximum Gasteiger partial charge on any atom is 0.290 e. The van der Waals surface area contributed by atoms with Crippen molar-refractivity contribution in [3.05, 3.63) is 112 Å². The molecule has 37 heavy (non-hydrogen) atoms. The van der Waals surface area contributed by atoms with Gasteiger partial charge in [0, 0.05) is 37.5 Å². The van der Waals surface area contributed by atoms with Gasteiger partial charge in [-0.25, -0.2) is 0 Å². The van der Waals surface area contributed by atoms with Crippen LogP contribution in [0, 0.1) is 6.92 Å². The summed E-state index contributed by atoms with van der Waals surface area (Å²) in [7, 11) is 0. The first-order valence-electron chi connectivity index (χ1n) is 13.0. The van der Waals surface area contributed by atoms with Crippen LogP contribution in [-0.2, 0) is 30.3 Å². The predicted molar refractivity (Wildman–Crippen MR) is 145 cm³/mol. The summed E-state index contributed by atoms with van der Waals surface area (Å²) in [5, 5.41) is 0. The Morgan fingerprint density at radius 1 is 0.973 bits per heavy atom. The van der Waals surface area contributed by atoms with Crippen molar-refractivity contribution < 1.29 is 13.6 Å². The van der Waals surface area contributed by atoms with Crippen LogP contribution in [0.4, 0.5) is 0 Å². The number of aryl methyl sites for hydroxylation is 1. The zero-order valence-corrected chi connectivity index (χ0v) is 22.5. The zero-order chi connectivity index (χ0) is 26.2. The van der Waals surface area contributed by atoms with Gasteiger partial charge in [0.15, 0.2) is 5.76 Å². The standard InChI is InChI=1S/C32H36N2O3/c1-22-15-27-28(32(4,5)12-11-31(27,2)3)17-25(22)16-26-8-9-29(37-26)30(35)34(20-24-10-14-36-21-24)19-23-7-6-13-33-18-23/h6-10,13-15,17-18,21H,11-12,16,19-20H2,1-5H3. The van der Waals surface area contributed by atoms with E-state index in [9.17, 15) is 4.79 Å². The number of rotatable bonds is 7. The molecule has 0 fully saturated rings. The number of furan rings is 2. The van der Waals surface area contributed by atoms with E-state index in [0.717, 1.165) is 16.9 Å². The number of fused-ring (bicyclic) bond motifs is 1. The highest BCUT2D eigenvalue weighted by molar-refractivity contribution is 5.91. The number of pyridine rings is 1. The molecule has 5 nitrogen and oxygen atoms in total. The average Bonchev–Trinajstić information content (AvgIpc) is 3.55. The summed E-state index contributed by atoms with van der Waals surface area (Å²) in [4.78, 5) is 19.5. The quantitative estimate of drug-likeness (QED) is 0.268. The number of hydrogen-bond acceptors (Lipinski definition) is 4. The summed E-state index contributed by atoms with van der Waals surface area (Å²) in [6, 6.07) is 14.2. The number of carbonyl (C=O) groups excluding carboxylic acids is 1. The Morgan fingerprint density at radius 2 is 1.70 bits per heavy atom. The molecule has 0 radical (unpaired) electrons. The van der Waals surface area contributed by atoms with Gasteiger partial charge in [-0.05, 0) is 82.7 Å². The molecule has 3 aromatic heterocycles. The molecule has 4 aromatic rings. The van der Waals surface area contributed by atoms with Crippen molar-refractivity contribution in [3.63, 3.8) is 0 Å². The topological polar surface area (TPSA) is 59.5 Å². The summed E-state index contributed by atoms with van der Waals surface area (Å²) in [5.41, 5.74) is 7.65. The van der Waals surface area contributed by atoms with Crippen molar-refractivity contribution in [1.82, 2.24) is 9.88 Å². The second kappa shape index (κ2) is 9.70. The molecule has 5 heteroatoms. The molecule has 0 bridgehead atoms. The summed E-state index contributed by atoms with van der Waals surface area (Å²) in [6.45, 7) is 12.4. The largest absolute Gasteiger partial charge is 0.472 e. The van der Waals surface area contributed by atoms with Gasteiger partial charge in [-0.3, -0.25) is 9.78 Å². The van der Waals surface area contributed by atoms with E-state index in [-0.39, 0.29) is 16.7 Å². The first-order chi connectivity index (χ1) is 17.6. The van der Waals surface area contributed by atoms with Crippen LogP contribution >= 0.6 is 0 Å². The predicted octanol–water partition coefficient (Wildman–Crippen LogP) is 7.36. The highest BCUT2D eigenvalue weighted by Gasteiger charge is 2.37. The van der Waals surface area contributed by atoms with Gasteiger partial charge in [0.05, 0.1) is 12.5 Å². The fourth-order valence-corrected chi connectivity index (χ4v) is 5.40. The van der Waals surface area contributed by atoms with Gasteiger partial charge in [0.1, 0.15) is 5.76 Å². The lowest BCUT2D eigenvalue weighted by molar-refractivity contribution is 0.0695. The van der Waals surface area contributed by atoms with Crippen molar-refractivity contribution >= 4 is 5.91 Å². The third-order valence-electron chi connectivity index (χ3n) is 7.88. The molecular formula is C32H36N2O3. The van der Waals surface area contributed by atoms with Gasteiger partial charge in [0.25, 0.3) is 5.91 Å². The maximum atomic E-state index is 13.5. The van der Waals surface area contributed by atoms with E-state index in [1.807, 2.05) is 24.3 Å². The van der Waals surface area contributed by atoms with Gasteiger partial charge in [0.2, 0.25) is 0 Å². The normalized spacial score (nSPS) is 15.8. The molecule has 1 amide bonds. The lowest BCUT2D eigenvalue weighted by Crippen LogP contribution is -2.34. The highest BCUT2D eigenvalue weighted by atomic mass is 16.4. The maximum absolute atomic E-state index is 13.5. The molecule has 0 saturated heterocycles. The molecule has 0 unspecified atom stereocenters. The van der Waals surface area contributed by atoms with Gasteiger partial charge in [-0.15, -0.1) is 0 Å². The number of carbonyl (C=O) groups is 1. The summed E-state index contributed by atoms with van der Waals surface area (Å²) in [6.07, 6.45) is 9.84. The zero-order valence-electron chi connectivity index (χ0n) is 22.5. The Morgan fingerprint density at radius 3 is 2.38 bits per heavy atom. The van der Waals surface area contributed by atoms with Crippen LogP contribution in [0.5, 0.6) is 0 Å². The SMILES string of the molecule is Cc1cc2c(cc1Cc1ccc(C(=O)N(Cc3cccnc3)Cc3ccoc3)o1)C(C)(C)CCC2(C)C. The van der Waals surface area contributed by atoms with Crippen LogP contribution in [0.25, 0.3) is 0 Å². The van der Waals surface area contributed by atoms with Crippen LogP contribution in [0.3, 0.4) is 0 Å². The minimum atomic E-state index is -0.152. The minimum absolute atomic E-state index is 0.150. The van der Waals surface area contributed by atoms with Gasteiger partial charge in [-0.2, -0.15) is 0 Å². The van der Waals surface area contributed by atoms with Crippen molar-refractivity contribution in [2.75, 3.05) is 0 Å². The van der Waals surface area contributed by atoms with Gasteiger partial charge < -0.3 is 13.7 Å².